The largest absolute Gasteiger partial charge is 0.369 e. The van der Waals surface area contributed by atoms with Gasteiger partial charge in [0.1, 0.15) is 0 Å². The molecule has 0 atom stereocenters. The number of aryl methyl sites for hydroxylation is 1. The van der Waals surface area contributed by atoms with Crippen LogP contribution < -0.4 is 5.73 Å². The van der Waals surface area contributed by atoms with Crippen LogP contribution in [-0.4, -0.2) is 12.1 Å². The van der Waals surface area contributed by atoms with Crippen molar-refractivity contribution in [1.29, 1.82) is 0 Å². The predicted octanol–water partition coefficient (Wildman–Crippen LogP) is 4.06. The lowest BCUT2D eigenvalue weighted by Crippen LogP contribution is -2.44. The van der Waals surface area contributed by atoms with Crippen LogP contribution in [0.15, 0.2) is 24.3 Å². The summed E-state index contributed by atoms with van der Waals surface area (Å²) in [5.41, 5.74) is 8.53. The van der Waals surface area contributed by atoms with Gasteiger partial charge in [-0.05, 0) is 55.6 Å². The van der Waals surface area contributed by atoms with E-state index < -0.39 is 0 Å². The molecule has 0 aliphatic heterocycles. The molecule has 1 fully saturated rings. The van der Waals surface area contributed by atoms with Crippen LogP contribution in [-0.2, 0) is 11.3 Å². The van der Waals surface area contributed by atoms with Crippen molar-refractivity contribution >= 4 is 0 Å². The van der Waals surface area contributed by atoms with Crippen LogP contribution >= 0.6 is 0 Å². The molecule has 2 rings (SSSR count). The Morgan fingerprint density at radius 1 is 1.25 bits per heavy atom. The van der Waals surface area contributed by atoms with E-state index in [0.717, 1.165) is 24.7 Å². The maximum absolute atomic E-state index is 6.29. The lowest BCUT2D eigenvalue weighted by atomic mass is 9.74. The van der Waals surface area contributed by atoms with Crippen LogP contribution in [0.25, 0.3) is 0 Å². The van der Waals surface area contributed by atoms with E-state index >= 15 is 0 Å². The van der Waals surface area contributed by atoms with E-state index in [1.54, 1.807) is 0 Å². The molecule has 0 bridgehead atoms. The van der Waals surface area contributed by atoms with Gasteiger partial charge in [-0.2, -0.15) is 0 Å². The van der Waals surface area contributed by atoms with E-state index in [2.05, 4.69) is 45.0 Å². The normalized spacial score (nSPS) is 26.9. The molecule has 0 heterocycles. The van der Waals surface area contributed by atoms with Gasteiger partial charge in [0.05, 0.1) is 12.2 Å². The lowest BCUT2D eigenvalue weighted by molar-refractivity contribution is -0.0842. The monoisotopic (exact) mass is 275 g/mol. The van der Waals surface area contributed by atoms with Gasteiger partial charge in [-0.15, -0.1) is 0 Å². The summed E-state index contributed by atoms with van der Waals surface area (Å²) >= 11 is 0. The standard InChI is InChI=1S/C18H29NO/c1-14(2)16-8-10-18(13-19,11-9-16)20-12-17-7-5-4-6-15(17)3/h4-7,14,16H,8-13,19H2,1-3H3. The molecule has 1 aliphatic rings. The molecule has 1 aliphatic carbocycles. The second-order valence-corrected chi connectivity index (χ2v) is 6.68. The Morgan fingerprint density at radius 2 is 1.90 bits per heavy atom. The number of hydrogen-bond acceptors (Lipinski definition) is 2. The second kappa shape index (κ2) is 6.73. The van der Waals surface area contributed by atoms with Gasteiger partial charge < -0.3 is 10.5 Å². The summed E-state index contributed by atoms with van der Waals surface area (Å²) in [7, 11) is 0. The Labute approximate surface area is 123 Å². The van der Waals surface area contributed by atoms with Crippen LogP contribution in [0, 0.1) is 18.8 Å². The first kappa shape index (κ1) is 15.5. The molecule has 0 amide bonds. The molecule has 0 unspecified atom stereocenters. The Balaban J connectivity index is 1.95. The van der Waals surface area contributed by atoms with Crippen LogP contribution in [0.2, 0.25) is 0 Å². The predicted molar refractivity (Wildman–Crippen MR) is 84.5 cm³/mol. The van der Waals surface area contributed by atoms with Crippen molar-refractivity contribution in [3.05, 3.63) is 35.4 Å². The number of rotatable bonds is 5. The number of nitrogens with two attached hydrogens (primary N) is 1. The maximum atomic E-state index is 6.29. The minimum Gasteiger partial charge on any atom is -0.369 e. The summed E-state index contributed by atoms with van der Waals surface area (Å²) in [6, 6.07) is 8.45. The van der Waals surface area contributed by atoms with Crippen molar-refractivity contribution in [2.24, 2.45) is 17.6 Å². The van der Waals surface area contributed by atoms with Crippen molar-refractivity contribution in [2.75, 3.05) is 6.54 Å². The first-order valence-corrected chi connectivity index (χ1v) is 7.95. The highest BCUT2D eigenvalue weighted by Gasteiger charge is 2.35. The van der Waals surface area contributed by atoms with Crippen LogP contribution in [0.4, 0.5) is 0 Å². The molecule has 0 spiro atoms. The van der Waals surface area contributed by atoms with Crippen molar-refractivity contribution in [2.45, 2.75) is 58.7 Å². The smallest absolute Gasteiger partial charge is 0.0808 e. The Morgan fingerprint density at radius 3 is 2.45 bits per heavy atom. The zero-order valence-corrected chi connectivity index (χ0v) is 13.2. The molecule has 0 radical (unpaired) electrons. The zero-order valence-electron chi connectivity index (χ0n) is 13.2. The first-order chi connectivity index (χ1) is 9.56. The maximum Gasteiger partial charge on any atom is 0.0808 e. The van der Waals surface area contributed by atoms with Crippen molar-refractivity contribution in [3.63, 3.8) is 0 Å². The van der Waals surface area contributed by atoms with Gasteiger partial charge in [0, 0.05) is 6.54 Å². The van der Waals surface area contributed by atoms with Gasteiger partial charge in [0.25, 0.3) is 0 Å². The zero-order chi connectivity index (χ0) is 14.6. The molecular formula is C18H29NO. The van der Waals surface area contributed by atoms with Gasteiger partial charge in [-0.25, -0.2) is 0 Å². The summed E-state index contributed by atoms with van der Waals surface area (Å²) in [5, 5.41) is 0. The SMILES string of the molecule is Cc1ccccc1COC1(CN)CCC(C(C)C)CC1. The van der Waals surface area contributed by atoms with Crippen LogP contribution in [0.3, 0.4) is 0 Å². The molecule has 1 saturated carbocycles. The van der Waals surface area contributed by atoms with Gasteiger partial charge in [0.15, 0.2) is 0 Å². The highest BCUT2D eigenvalue weighted by Crippen LogP contribution is 2.38. The third-order valence-electron chi connectivity index (χ3n) is 5.05. The molecule has 1 aromatic carbocycles. The molecule has 2 heteroatoms. The molecule has 1 aromatic rings. The lowest BCUT2D eigenvalue weighted by Gasteiger charge is -2.40. The summed E-state index contributed by atoms with van der Waals surface area (Å²) < 4.78 is 6.29. The Bertz CT molecular complexity index is 419. The minimum absolute atomic E-state index is 0.0896. The molecule has 2 N–H and O–H groups in total. The summed E-state index contributed by atoms with van der Waals surface area (Å²) in [6.45, 7) is 8.13. The van der Waals surface area contributed by atoms with Crippen molar-refractivity contribution in [1.82, 2.24) is 0 Å². The summed E-state index contributed by atoms with van der Waals surface area (Å²) in [4.78, 5) is 0. The van der Waals surface area contributed by atoms with Gasteiger partial charge >= 0.3 is 0 Å². The molecule has 112 valence electrons. The third-order valence-corrected chi connectivity index (χ3v) is 5.05. The van der Waals surface area contributed by atoms with E-state index in [1.807, 2.05) is 0 Å². The molecule has 20 heavy (non-hydrogen) atoms. The fourth-order valence-corrected chi connectivity index (χ4v) is 3.24. The average Bonchev–Trinajstić information content (AvgIpc) is 2.47. The average molecular weight is 275 g/mol. The third kappa shape index (κ3) is 3.62. The van der Waals surface area contributed by atoms with Crippen molar-refractivity contribution in [3.8, 4) is 0 Å². The first-order valence-electron chi connectivity index (χ1n) is 7.95. The van der Waals surface area contributed by atoms with E-state index in [9.17, 15) is 0 Å². The number of ether oxygens (including phenoxy) is 1. The second-order valence-electron chi connectivity index (χ2n) is 6.68. The topological polar surface area (TPSA) is 35.2 Å². The molecule has 0 saturated heterocycles. The number of benzene rings is 1. The highest BCUT2D eigenvalue weighted by molar-refractivity contribution is 5.24. The molecule has 0 aromatic heterocycles. The minimum atomic E-state index is -0.0896. The quantitative estimate of drug-likeness (QED) is 0.879. The van der Waals surface area contributed by atoms with Gasteiger partial charge in [-0.1, -0.05) is 38.1 Å². The number of hydrogen-bond donors (Lipinski definition) is 1. The van der Waals surface area contributed by atoms with Gasteiger partial charge in [-0.3, -0.25) is 0 Å². The van der Waals surface area contributed by atoms with Crippen LogP contribution in [0.5, 0.6) is 0 Å². The van der Waals surface area contributed by atoms with E-state index in [4.69, 9.17) is 10.5 Å². The van der Waals surface area contributed by atoms with E-state index in [0.29, 0.717) is 13.2 Å². The van der Waals surface area contributed by atoms with E-state index in [-0.39, 0.29) is 5.60 Å². The highest BCUT2D eigenvalue weighted by atomic mass is 16.5. The molecule has 2 nitrogen and oxygen atoms in total. The Kier molecular flexibility index (Phi) is 5.22. The Hall–Kier alpha value is -0.860. The fraction of sp³-hybridized carbons (Fsp3) is 0.667. The van der Waals surface area contributed by atoms with Gasteiger partial charge in [0.2, 0.25) is 0 Å². The van der Waals surface area contributed by atoms with Crippen LogP contribution in [0.1, 0.15) is 50.7 Å². The van der Waals surface area contributed by atoms with Crippen molar-refractivity contribution < 1.29 is 4.74 Å². The van der Waals surface area contributed by atoms with E-state index in [1.165, 1.54) is 24.0 Å². The molecular weight excluding hydrogens is 246 g/mol. The summed E-state index contributed by atoms with van der Waals surface area (Å²) in [6.07, 6.45) is 4.72. The fourth-order valence-electron chi connectivity index (χ4n) is 3.24. The summed E-state index contributed by atoms with van der Waals surface area (Å²) in [5.74, 6) is 1.62.